The second-order valence-corrected chi connectivity index (χ2v) is 6.46. The van der Waals surface area contributed by atoms with Crippen LogP contribution in [0.2, 0.25) is 0 Å². The zero-order valence-electron chi connectivity index (χ0n) is 12.8. The quantitative estimate of drug-likeness (QED) is 0.689. The lowest BCUT2D eigenvalue weighted by Crippen LogP contribution is -2.34. The number of aliphatic hydroxyl groups is 1. The average Bonchev–Trinajstić information content (AvgIpc) is 2.62. The van der Waals surface area contributed by atoms with Crippen molar-refractivity contribution in [3.05, 3.63) is 0 Å². The van der Waals surface area contributed by atoms with E-state index in [2.05, 4.69) is 6.92 Å². The second kappa shape index (κ2) is 6.50. The van der Waals surface area contributed by atoms with E-state index >= 15 is 0 Å². The summed E-state index contributed by atoms with van der Waals surface area (Å²) in [7, 11) is 0. The van der Waals surface area contributed by atoms with Crippen LogP contribution in [0.4, 0.5) is 0 Å². The highest BCUT2D eigenvalue weighted by molar-refractivity contribution is 4.80. The standard InChI is InChI=1S/C14H29NO4/c1-10(8-17-13(2,3)16)6-11(7-15)12-9-18-14(4,5)19-12/h10-12,16H,6-9,15H2,1-5H3/t10?,11-,12-/m0/s1. The summed E-state index contributed by atoms with van der Waals surface area (Å²) in [5.41, 5.74) is 5.85. The van der Waals surface area contributed by atoms with Gasteiger partial charge < -0.3 is 25.1 Å². The summed E-state index contributed by atoms with van der Waals surface area (Å²) in [6, 6.07) is 0. The summed E-state index contributed by atoms with van der Waals surface area (Å²) < 4.78 is 16.8. The first-order valence-electron chi connectivity index (χ1n) is 7.01. The monoisotopic (exact) mass is 275 g/mol. The Bertz CT molecular complexity index is 275. The van der Waals surface area contributed by atoms with Crippen molar-refractivity contribution < 1.29 is 19.3 Å². The van der Waals surface area contributed by atoms with Crippen molar-refractivity contribution in [3.8, 4) is 0 Å². The van der Waals surface area contributed by atoms with Crippen molar-refractivity contribution in [1.29, 1.82) is 0 Å². The molecule has 1 heterocycles. The van der Waals surface area contributed by atoms with E-state index in [0.29, 0.717) is 25.7 Å². The van der Waals surface area contributed by atoms with Crippen molar-refractivity contribution in [1.82, 2.24) is 0 Å². The lowest BCUT2D eigenvalue weighted by molar-refractivity contribution is -0.184. The van der Waals surface area contributed by atoms with Gasteiger partial charge in [-0.2, -0.15) is 0 Å². The van der Waals surface area contributed by atoms with Crippen LogP contribution in [0.25, 0.3) is 0 Å². The maximum atomic E-state index is 9.55. The maximum absolute atomic E-state index is 9.55. The largest absolute Gasteiger partial charge is 0.366 e. The van der Waals surface area contributed by atoms with Crippen LogP contribution in [0.5, 0.6) is 0 Å². The Morgan fingerprint density at radius 1 is 1.47 bits per heavy atom. The van der Waals surface area contributed by atoms with E-state index < -0.39 is 11.6 Å². The molecule has 3 atom stereocenters. The molecule has 0 aromatic carbocycles. The van der Waals surface area contributed by atoms with E-state index in [9.17, 15) is 5.11 Å². The average molecular weight is 275 g/mol. The van der Waals surface area contributed by atoms with Gasteiger partial charge in [-0.15, -0.1) is 0 Å². The van der Waals surface area contributed by atoms with Crippen molar-refractivity contribution >= 4 is 0 Å². The van der Waals surface area contributed by atoms with Gasteiger partial charge in [-0.1, -0.05) is 6.92 Å². The van der Waals surface area contributed by atoms with Crippen molar-refractivity contribution in [3.63, 3.8) is 0 Å². The number of hydrogen-bond donors (Lipinski definition) is 2. The lowest BCUT2D eigenvalue weighted by atomic mass is 9.92. The van der Waals surface area contributed by atoms with Gasteiger partial charge in [0.15, 0.2) is 11.6 Å². The van der Waals surface area contributed by atoms with Crippen LogP contribution >= 0.6 is 0 Å². The predicted octanol–water partition coefficient (Wildman–Crippen LogP) is 1.48. The van der Waals surface area contributed by atoms with E-state index in [1.54, 1.807) is 13.8 Å². The number of rotatable bonds is 7. The molecule has 0 spiro atoms. The second-order valence-electron chi connectivity index (χ2n) is 6.46. The predicted molar refractivity (Wildman–Crippen MR) is 73.5 cm³/mol. The van der Waals surface area contributed by atoms with Crippen LogP contribution in [-0.4, -0.2) is 42.5 Å². The molecule has 0 amide bonds. The molecule has 0 saturated carbocycles. The van der Waals surface area contributed by atoms with Gasteiger partial charge >= 0.3 is 0 Å². The van der Waals surface area contributed by atoms with E-state index in [1.165, 1.54) is 0 Å². The molecule has 1 rings (SSSR count). The van der Waals surface area contributed by atoms with E-state index in [0.717, 1.165) is 6.42 Å². The van der Waals surface area contributed by atoms with Gasteiger partial charge in [0.1, 0.15) is 0 Å². The number of nitrogens with two attached hydrogens (primary N) is 1. The highest BCUT2D eigenvalue weighted by Gasteiger charge is 2.37. The van der Waals surface area contributed by atoms with Crippen molar-refractivity contribution in [2.75, 3.05) is 19.8 Å². The highest BCUT2D eigenvalue weighted by Crippen LogP contribution is 2.29. The summed E-state index contributed by atoms with van der Waals surface area (Å²) in [5.74, 6) is -1.03. The molecule has 5 nitrogen and oxygen atoms in total. The fourth-order valence-electron chi connectivity index (χ4n) is 2.28. The minimum atomic E-state index is -1.08. The van der Waals surface area contributed by atoms with Crippen molar-refractivity contribution in [2.24, 2.45) is 17.6 Å². The summed E-state index contributed by atoms with van der Waals surface area (Å²) in [6.07, 6.45) is 0.945. The molecule has 1 unspecified atom stereocenters. The minimum absolute atomic E-state index is 0.0459. The van der Waals surface area contributed by atoms with Crippen LogP contribution < -0.4 is 5.73 Å². The number of ether oxygens (including phenoxy) is 3. The van der Waals surface area contributed by atoms with Crippen molar-refractivity contribution in [2.45, 2.75) is 58.7 Å². The molecule has 1 saturated heterocycles. The van der Waals surface area contributed by atoms with Gasteiger partial charge in [-0.3, -0.25) is 0 Å². The molecule has 5 heteroatoms. The first-order valence-corrected chi connectivity index (χ1v) is 7.01. The Balaban J connectivity index is 2.40. The highest BCUT2D eigenvalue weighted by atomic mass is 16.7. The Hall–Kier alpha value is -0.200. The molecule has 0 bridgehead atoms. The van der Waals surface area contributed by atoms with Crippen LogP contribution in [-0.2, 0) is 14.2 Å². The summed E-state index contributed by atoms with van der Waals surface area (Å²) >= 11 is 0. The summed E-state index contributed by atoms with van der Waals surface area (Å²) in [6.45, 7) is 10.9. The van der Waals surface area contributed by atoms with Crippen LogP contribution in [0.1, 0.15) is 41.0 Å². The van der Waals surface area contributed by atoms with Gasteiger partial charge in [0.2, 0.25) is 0 Å². The molecular formula is C14H29NO4. The first kappa shape index (κ1) is 16.9. The van der Waals surface area contributed by atoms with E-state index in [-0.39, 0.29) is 12.0 Å². The molecule has 0 aromatic rings. The topological polar surface area (TPSA) is 73.9 Å². The molecule has 1 aliphatic rings. The molecule has 1 fully saturated rings. The van der Waals surface area contributed by atoms with Crippen LogP contribution in [0, 0.1) is 11.8 Å². The van der Waals surface area contributed by atoms with Gasteiger partial charge in [0, 0.05) is 5.92 Å². The third kappa shape index (κ3) is 6.19. The minimum Gasteiger partial charge on any atom is -0.366 e. The third-order valence-corrected chi connectivity index (χ3v) is 3.29. The van der Waals surface area contributed by atoms with Crippen LogP contribution in [0.15, 0.2) is 0 Å². The molecule has 114 valence electrons. The Labute approximate surface area is 116 Å². The molecule has 19 heavy (non-hydrogen) atoms. The molecule has 3 N–H and O–H groups in total. The smallest absolute Gasteiger partial charge is 0.163 e. The Kier molecular flexibility index (Phi) is 5.77. The normalized spacial score (nSPS) is 26.4. The zero-order valence-corrected chi connectivity index (χ0v) is 12.8. The van der Waals surface area contributed by atoms with E-state index in [4.69, 9.17) is 19.9 Å². The van der Waals surface area contributed by atoms with E-state index in [1.807, 2.05) is 13.8 Å². The van der Waals surface area contributed by atoms with Gasteiger partial charge in [0.05, 0.1) is 19.3 Å². The van der Waals surface area contributed by atoms with Gasteiger partial charge in [-0.25, -0.2) is 0 Å². The zero-order chi connectivity index (χ0) is 14.7. The lowest BCUT2D eigenvalue weighted by Gasteiger charge is -2.27. The molecule has 0 aromatic heterocycles. The Morgan fingerprint density at radius 3 is 2.53 bits per heavy atom. The molecule has 1 aliphatic heterocycles. The third-order valence-electron chi connectivity index (χ3n) is 3.29. The van der Waals surface area contributed by atoms with Gasteiger partial charge in [0.25, 0.3) is 0 Å². The first-order chi connectivity index (χ1) is 8.63. The fraction of sp³-hybridized carbons (Fsp3) is 1.00. The molecule has 0 radical (unpaired) electrons. The fourth-order valence-corrected chi connectivity index (χ4v) is 2.28. The number of hydrogen-bond acceptors (Lipinski definition) is 5. The summed E-state index contributed by atoms with van der Waals surface area (Å²) in [5, 5.41) is 9.55. The molecular weight excluding hydrogens is 246 g/mol. The Morgan fingerprint density at radius 2 is 2.11 bits per heavy atom. The SMILES string of the molecule is CC(COC(C)(C)O)C[C@@H](CN)[C@@H]1COC(C)(C)O1. The summed E-state index contributed by atoms with van der Waals surface area (Å²) in [4.78, 5) is 0. The van der Waals surface area contributed by atoms with Crippen LogP contribution in [0.3, 0.4) is 0 Å². The maximum Gasteiger partial charge on any atom is 0.163 e. The van der Waals surface area contributed by atoms with Gasteiger partial charge in [-0.05, 0) is 46.6 Å². The molecule has 0 aliphatic carbocycles.